The molecule has 0 saturated carbocycles. The summed E-state index contributed by atoms with van der Waals surface area (Å²) < 4.78 is 24.8. The van der Waals surface area contributed by atoms with Crippen LogP contribution in [0.2, 0.25) is 0 Å². The van der Waals surface area contributed by atoms with Gasteiger partial charge in [-0.05, 0) is 36.6 Å². The summed E-state index contributed by atoms with van der Waals surface area (Å²) in [5, 5.41) is 2.50. The Morgan fingerprint density at radius 1 is 0.674 bits per heavy atom. The average molecular weight is 625 g/mol. The third-order valence-corrected chi connectivity index (χ3v) is 6.93. The van der Waals surface area contributed by atoms with Gasteiger partial charge in [0.1, 0.15) is 0 Å². The van der Waals surface area contributed by atoms with Crippen molar-refractivity contribution in [1.82, 2.24) is 9.97 Å². The Morgan fingerprint density at radius 3 is 1.49 bits per heavy atom. The van der Waals surface area contributed by atoms with Gasteiger partial charge in [-0.3, -0.25) is 9.59 Å². The molecule has 1 amide bonds. The van der Waals surface area contributed by atoms with Crippen molar-refractivity contribution in [3.05, 3.63) is 48.6 Å². The summed E-state index contributed by atoms with van der Waals surface area (Å²) in [4.78, 5) is 28.8. The molecule has 0 saturated heterocycles. The number of anilines is 2. The van der Waals surface area contributed by atoms with E-state index in [9.17, 15) is 18.4 Å². The predicted molar refractivity (Wildman–Crippen MR) is 176 cm³/mol. The van der Waals surface area contributed by atoms with Crippen molar-refractivity contribution in [1.29, 1.82) is 0 Å². The van der Waals surface area contributed by atoms with Gasteiger partial charge >= 0.3 is 0 Å². The zero-order chi connectivity index (χ0) is 32.0. The molecule has 0 spiro atoms. The molecule has 2 aromatic heterocycles. The summed E-state index contributed by atoms with van der Waals surface area (Å²) in [7, 11) is 0. The number of amides is 1. The molecule has 3 N–H and O–H groups in total. The number of nitrogen functional groups attached to an aromatic ring is 1. The van der Waals surface area contributed by atoms with Crippen molar-refractivity contribution < 1.29 is 18.4 Å². The number of nitrogens with one attached hydrogen (secondary N) is 1. The van der Waals surface area contributed by atoms with E-state index in [0.717, 1.165) is 25.7 Å². The molecule has 0 bridgehead atoms. The molecule has 0 atom stereocenters. The highest BCUT2D eigenvalue weighted by molar-refractivity contribution is 6.63. The van der Waals surface area contributed by atoms with Gasteiger partial charge in [0.15, 0.2) is 0 Å². The smallest absolute Gasteiger partial charge is 0.224 e. The fourth-order valence-corrected chi connectivity index (χ4v) is 4.43. The van der Waals surface area contributed by atoms with E-state index in [4.69, 9.17) is 17.3 Å². The van der Waals surface area contributed by atoms with Crippen LogP contribution in [0.5, 0.6) is 0 Å². The third kappa shape index (κ3) is 29.2. The normalized spacial score (nSPS) is 10.3. The standard InChI is InChI=1S/C17H27FN2O.C12H23ClO.C5H5FN2/c1-2-3-4-5-6-7-8-9-10-11-17(21)20-15-12-13-19-16(18)14-15;1-2-3-4-5-6-7-8-9-10-11-12(13)14;6-5-3-4(7)1-2-8-5/h12-14H,2-11H2,1H3,(H,19,20,21);2-11H2,1H3;1-3H,(H2,7,8). The Kier molecular flexibility index (Phi) is 27.7. The quantitative estimate of drug-likeness (QED) is 0.0817. The molecule has 0 aliphatic heterocycles. The molecule has 2 rings (SSSR count). The van der Waals surface area contributed by atoms with Crippen molar-refractivity contribution in [2.45, 2.75) is 142 Å². The first-order valence-corrected chi connectivity index (χ1v) is 16.6. The fourth-order valence-electron chi connectivity index (χ4n) is 4.29. The second-order valence-electron chi connectivity index (χ2n) is 10.8. The maximum Gasteiger partial charge on any atom is 0.224 e. The number of nitrogens with zero attached hydrogens (tertiary/aromatic N) is 2. The van der Waals surface area contributed by atoms with Crippen LogP contribution < -0.4 is 11.1 Å². The molecule has 0 aliphatic rings. The Bertz CT molecular complexity index is 948. The highest BCUT2D eigenvalue weighted by Crippen LogP contribution is 2.13. The highest BCUT2D eigenvalue weighted by Gasteiger charge is 2.03. The van der Waals surface area contributed by atoms with Crippen molar-refractivity contribution in [3.8, 4) is 0 Å². The van der Waals surface area contributed by atoms with E-state index in [1.807, 2.05) is 0 Å². The molecular weight excluding hydrogens is 570 g/mol. The Labute approximate surface area is 264 Å². The fraction of sp³-hybridized carbons (Fsp3) is 0.647. The second kappa shape index (κ2) is 29.5. The number of carbonyl (C=O) groups excluding carboxylic acids is 2. The van der Waals surface area contributed by atoms with Crippen LogP contribution in [-0.4, -0.2) is 21.1 Å². The molecule has 0 fully saturated rings. The first-order chi connectivity index (χ1) is 20.8. The van der Waals surface area contributed by atoms with E-state index < -0.39 is 11.9 Å². The third-order valence-electron chi connectivity index (χ3n) is 6.75. The van der Waals surface area contributed by atoms with Gasteiger partial charge in [-0.25, -0.2) is 9.97 Å². The van der Waals surface area contributed by atoms with Crippen LogP contribution in [0.3, 0.4) is 0 Å². The molecule has 2 aromatic rings. The van der Waals surface area contributed by atoms with Gasteiger partial charge in [-0.15, -0.1) is 0 Å². The maximum absolute atomic E-state index is 12.9. The van der Waals surface area contributed by atoms with Gasteiger partial charge in [-0.2, -0.15) is 8.78 Å². The number of hydrogen-bond donors (Lipinski definition) is 2. The second-order valence-corrected chi connectivity index (χ2v) is 11.3. The van der Waals surface area contributed by atoms with Crippen LogP contribution in [0.4, 0.5) is 20.2 Å². The highest BCUT2D eigenvalue weighted by atomic mass is 35.5. The molecule has 0 unspecified atom stereocenters. The minimum atomic E-state index is -0.573. The Hall–Kier alpha value is -2.61. The van der Waals surface area contributed by atoms with E-state index in [2.05, 4.69) is 29.1 Å². The molecule has 9 heteroatoms. The number of rotatable bonds is 21. The zero-order valence-corrected chi connectivity index (χ0v) is 27.3. The van der Waals surface area contributed by atoms with E-state index in [0.29, 0.717) is 24.2 Å². The molecule has 0 aliphatic carbocycles. The maximum atomic E-state index is 12.9. The number of carbonyl (C=O) groups is 2. The summed E-state index contributed by atoms with van der Waals surface area (Å²) in [6.07, 6.45) is 26.3. The van der Waals surface area contributed by atoms with Crippen molar-refractivity contribution >= 4 is 34.1 Å². The average Bonchev–Trinajstić information content (AvgIpc) is 2.96. The largest absolute Gasteiger partial charge is 0.399 e. The monoisotopic (exact) mass is 624 g/mol. The summed E-state index contributed by atoms with van der Waals surface area (Å²) in [6.45, 7) is 4.47. The lowest BCUT2D eigenvalue weighted by Crippen LogP contribution is -2.11. The van der Waals surface area contributed by atoms with Gasteiger partial charge in [0.2, 0.25) is 23.0 Å². The minimum Gasteiger partial charge on any atom is -0.399 e. The topological polar surface area (TPSA) is 98.0 Å². The van der Waals surface area contributed by atoms with Crippen LogP contribution >= 0.6 is 11.6 Å². The van der Waals surface area contributed by atoms with Crippen molar-refractivity contribution in [2.24, 2.45) is 0 Å². The van der Waals surface area contributed by atoms with E-state index in [1.54, 1.807) is 6.07 Å². The van der Waals surface area contributed by atoms with Gasteiger partial charge < -0.3 is 11.1 Å². The number of hydrogen-bond acceptors (Lipinski definition) is 5. The van der Waals surface area contributed by atoms with Crippen LogP contribution in [0.1, 0.15) is 142 Å². The van der Waals surface area contributed by atoms with Gasteiger partial charge in [0, 0.05) is 48.7 Å². The minimum absolute atomic E-state index is 0.0523. The van der Waals surface area contributed by atoms with Crippen molar-refractivity contribution in [2.75, 3.05) is 11.1 Å². The summed E-state index contributed by atoms with van der Waals surface area (Å²) >= 11 is 5.24. The van der Waals surface area contributed by atoms with E-state index in [-0.39, 0.29) is 11.1 Å². The van der Waals surface area contributed by atoms with Crippen LogP contribution in [0.15, 0.2) is 36.7 Å². The molecule has 43 heavy (non-hydrogen) atoms. The molecule has 2 heterocycles. The van der Waals surface area contributed by atoms with Crippen LogP contribution in [0, 0.1) is 11.9 Å². The lowest BCUT2D eigenvalue weighted by atomic mass is 10.1. The number of halogens is 3. The Balaban J connectivity index is 0.000000685. The van der Waals surface area contributed by atoms with Gasteiger partial charge in [-0.1, -0.05) is 117 Å². The molecular formula is C34H55ClF2N4O2. The van der Waals surface area contributed by atoms with Crippen LogP contribution in [0.25, 0.3) is 0 Å². The first-order valence-electron chi connectivity index (χ1n) is 16.2. The lowest BCUT2D eigenvalue weighted by Gasteiger charge is -2.05. The Morgan fingerprint density at radius 2 is 1.09 bits per heavy atom. The van der Waals surface area contributed by atoms with Gasteiger partial charge in [0.05, 0.1) is 0 Å². The number of pyridine rings is 2. The first kappa shape index (κ1) is 40.4. The van der Waals surface area contributed by atoms with E-state index >= 15 is 0 Å². The zero-order valence-electron chi connectivity index (χ0n) is 26.5. The molecule has 0 radical (unpaired) electrons. The molecule has 244 valence electrons. The van der Waals surface area contributed by atoms with Crippen molar-refractivity contribution in [3.63, 3.8) is 0 Å². The van der Waals surface area contributed by atoms with E-state index in [1.165, 1.54) is 120 Å². The summed E-state index contributed by atoms with van der Waals surface area (Å²) in [5.41, 5.74) is 6.05. The van der Waals surface area contributed by atoms with Crippen LogP contribution in [-0.2, 0) is 9.59 Å². The molecule has 0 aromatic carbocycles. The predicted octanol–water partition coefficient (Wildman–Crippen LogP) is 10.6. The summed E-state index contributed by atoms with van der Waals surface area (Å²) in [6, 6.07) is 5.52. The number of unbranched alkanes of at least 4 members (excludes halogenated alkanes) is 16. The van der Waals surface area contributed by atoms with Gasteiger partial charge in [0.25, 0.3) is 0 Å². The SMILES string of the molecule is CCCCCCCCCCCC(=O)Cl.CCCCCCCCCCCC(=O)Nc1ccnc(F)c1.Nc1ccnc(F)c1. The lowest BCUT2D eigenvalue weighted by molar-refractivity contribution is -0.116. The number of nitrogens with two attached hydrogens (primary N) is 1. The number of aromatic nitrogens is 2. The summed E-state index contributed by atoms with van der Waals surface area (Å²) in [5.74, 6) is -1.16. The molecule has 6 nitrogen and oxygen atoms in total.